The molecule has 1 heterocycles. The normalized spacial score (nSPS) is 12.6. The standard InChI is InChI=1S/C13H15Cl2N3O/c1-8(16-2)5-12-17-13(19-18-12)7-9-6-10(14)3-4-11(9)15/h3-4,6,8,16H,5,7H2,1-2H3. The number of hydrogen-bond donors (Lipinski definition) is 1. The van der Waals surface area contributed by atoms with Gasteiger partial charge in [-0.3, -0.25) is 0 Å². The lowest BCUT2D eigenvalue weighted by atomic mass is 10.1. The van der Waals surface area contributed by atoms with E-state index in [0.29, 0.717) is 34.2 Å². The van der Waals surface area contributed by atoms with Gasteiger partial charge in [-0.1, -0.05) is 28.4 Å². The van der Waals surface area contributed by atoms with Gasteiger partial charge in [0.25, 0.3) is 0 Å². The SMILES string of the molecule is CNC(C)Cc1noc(Cc2cc(Cl)ccc2Cl)n1. The van der Waals surface area contributed by atoms with Gasteiger partial charge < -0.3 is 9.84 Å². The van der Waals surface area contributed by atoms with Crippen LogP contribution in [0.3, 0.4) is 0 Å². The molecular weight excluding hydrogens is 285 g/mol. The van der Waals surface area contributed by atoms with Gasteiger partial charge in [-0.15, -0.1) is 0 Å². The summed E-state index contributed by atoms with van der Waals surface area (Å²) in [5.74, 6) is 1.23. The maximum Gasteiger partial charge on any atom is 0.231 e. The summed E-state index contributed by atoms with van der Waals surface area (Å²) in [5.41, 5.74) is 0.881. The molecule has 19 heavy (non-hydrogen) atoms. The molecule has 2 aromatic rings. The predicted molar refractivity (Wildman–Crippen MR) is 75.8 cm³/mol. The maximum atomic E-state index is 6.10. The number of benzene rings is 1. The second-order valence-electron chi connectivity index (χ2n) is 4.41. The molecule has 6 heteroatoms. The van der Waals surface area contributed by atoms with E-state index in [-0.39, 0.29) is 0 Å². The monoisotopic (exact) mass is 299 g/mol. The van der Waals surface area contributed by atoms with E-state index in [0.717, 1.165) is 12.0 Å². The van der Waals surface area contributed by atoms with E-state index in [4.69, 9.17) is 27.7 Å². The van der Waals surface area contributed by atoms with E-state index in [1.54, 1.807) is 12.1 Å². The Morgan fingerprint density at radius 3 is 2.89 bits per heavy atom. The van der Waals surface area contributed by atoms with Crippen molar-refractivity contribution in [1.82, 2.24) is 15.5 Å². The van der Waals surface area contributed by atoms with Crippen molar-refractivity contribution in [2.75, 3.05) is 7.05 Å². The van der Waals surface area contributed by atoms with E-state index < -0.39 is 0 Å². The average Bonchev–Trinajstić information content (AvgIpc) is 2.81. The summed E-state index contributed by atoms with van der Waals surface area (Å²) in [6.45, 7) is 2.06. The second kappa shape index (κ2) is 6.37. The van der Waals surface area contributed by atoms with Crippen LogP contribution in [0, 0.1) is 0 Å². The molecule has 4 nitrogen and oxygen atoms in total. The molecule has 0 saturated carbocycles. The van der Waals surface area contributed by atoms with Gasteiger partial charge in [-0.25, -0.2) is 0 Å². The lowest BCUT2D eigenvalue weighted by Gasteiger charge is -2.04. The second-order valence-corrected chi connectivity index (χ2v) is 5.25. The summed E-state index contributed by atoms with van der Waals surface area (Å²) >= 11 is 12.0. The lowest BCUT2D eigenvalue weighted by Crippen LogP contribution is -2.24. The Bertz CT molecular complexity index is 557. The average molecular weight is 300 g/mol. The molecular formula is C13H15Cl2N3O. The van der Waals surface area contributed by atoms with Crippen molar-refractivity contribution in [2.24, 2.45) is 0 Å². The first-order chi connectivity index (χ1) is 9.08. The first kappa shape index (κ1) is 14.3. The van der Waals surface area contributed by atoms with Gasteiger partial charge in [-0.2, -0.15) is 4.98 Å². The number of nitrogens with zero attached hydrogens (tertiary/aromatic N) is 2. The minimum atomic E-state index is 0.306. The van der Waals surface area contributed by atoms with Crippen molar-refractivity contribution in [1.29, 1.82) is 0 Å². The third-order valence-electron chi connectivity index (χ3n) is 2.84. The number of nitrogens with one attached hydrogen (secondary N) is 1. The molecule has 0 saturated heterocycles. The Balaban J connectivity index is 2.09. The van der Waals surface area contributed by atoms with Gasteiger partial charge in [0.1, 0.15) is 0 Å². The highest BCUT2D eigenvalue weighted by molar-refractivity contribution is 6.33. The zero-order valence-electron chi connectivity index (χ0n) is 10.8. The quantitative estimate of drug-likeness (QED) is 0.921. The lowest BCUT2D eigenvalue weighted by molar-refractivity contribution is 0.377. The van der Waals surface area contributed by atoms with Crippen molar-refractivity contribution in [3.05, 3.63) is 45.5 Å². The Morgan fingerprint density at radius 1 is 1.37 bits per heavy atom. The van der Waals surface area contributed by atoms with Crippen molar-refractivity contribution in [3.8, 4) is 0 Å². The largest absolute Gasteiger partial charge is 0.339 e. The van der Waals surface area contributed by atoms with Crippen LogP contribution in [0.1, 0.15) is 24.2 Å². The van der Waals surface area contributed by atoms with Crippen LogP contribution in [0.25, 0.3) is 0 Å². The first-order valence-corrected chi connectivity index (χ1v) is 6.76. The molecule has 1 atom stereocenters. The summed E-state index contributed by atoms with van der Waals surface area (Å²) in [6.07, 6.45) is 1.21. The van der Waals surface area contributed by atoms with Crippen LogP contribution >= 0.6 is 23.2 Å². The molecule has 0 aliphatic rings. The topological polar surface area (TPSA) is 51.0 Å². The van der Waals surface area contributed by atoms with Crippen molar-refractivity contribution in [2.45, 2.75) is 25.8 Å². The van der Waals surface area contributed by atoms with Crippen LogP contribution in [0.15, 0.2) is 22.7 Å². The van der Waals surface area contributed by atoms with Gasteiger partial charge in [0.15, 0.2) is 5.82 Å². The van der Waals surface area contributed by atoms with E-state index in [1.165, 1.54) is 0 Å². The molecule has 0 spiro atoms. The summed E-state index contributed by atoms with van der Waals surface area (Å²) in [5, 5.41) is 8.37. The Morgan fingerprint density at radius 2 is 2.16 bits per heavy atom. The molecule has 102 valence electrons. The maximum absolute atomic E-state index is 6.10. The number of likely N-dealkylation sites (N-methyl/N-ethyl adjacent to an activating group) is 1. The zero-order chi connectivity index (χ0) is 13.8. The number of halogens is 2. The molecule has 1 aromatic heterocycles. The summed E-state index contributed by atoms with van der Waals surface area (Å²) in [4.78, 5) is 4.34. The third kappa shape index (κ3) is 3.93. The molecule has 0 aliphatic heterocycles. The molecule has 0 fully saturated rings. The molecule has 0 radical (unpaired) electrons. The van der Waals surface area contributed by atoms with E-state index in [1.807, 2.05) is 13.1 Å². The summed E-state index contributed by atoms with van der Waals surface area (Å²) in [7, 11) is 1.90. The molecule has 1 unspecified atom stereocenters. The van der Waals surface area contributed by atoms with Gasteiger partial charge in [0, 0.05) is 22.5 Å². The highest BCUT2D eigenvalue weighted by atomic mass is 35.5. The Labute approximate surface area is 122 Å². The van der Waals surface area contributed by atoms with Crippen LogP contribution in [0.2, 0.25) is 10.0 Å². The first-order valence-electron chi connectivity index (χ1n) is 6.01. The molecule has 1 N–H and O–H groups in total. The van der Waals surface area contributed by atoms with Crippen LogP contribution in [0.5, 0.6) is 0 Å². The number of aromatic nitrogens is 2. The van der Waals surface area contributed by atoms with Gasteiger partial charge in [0.2, 0.25) is 5.89 Å². The van der Waals surface area contributed by atoms with E-state index in [9.17, 15) is 0 Å². The van der Waals surface area contributed by atoms with Crippen LogP contribution < -0.4 is 5.32 Å². The van der Waals surface area contributed by atoms with Crippen LogP contribution in [-0.4, -0.2) is 23.2 Å². The fourth-order valence-electron chi connectivity index (χ4n) is 1.66. The summed E-state index contributed by atoms with van der Waals surface area (Å²) < 4.78 is 5.22. The van der Waals surface area contributed by atoms with Crippen molar-refractivity contribution >= 4 is 23.2 Å². The van der Waals surface area contributed by atoms with Gasteiger partial charge in [-0.05, 0) is 37.7 Å². The van der Waals surface area contributed by atoms with Crippen LogP contribution in [0.4, 0.5) is 0 Å². The highest BCUT2D eigenvalue weighted by Crippen LogP contribution is 2.22. The van der Waals surface area contributed by atoms with Gasteiger partial charge in [0.05, 0.1) is 6.42 Å². The van der Waals surface area contributed by atoms with Gasteiger partial charge >= 0.3 is 0 Å². The molecule has 0 amide bonds. The minimum absolute atomic E-state index is 0.306. The number of rotatable bonds is 5. The van der Waals surface area contributed by atoms with E-state index >= 15 is 0 Å². The molecule has 2 rings (SSSR count). The summed E-state index contributed by atoms with van der Waals surface area (Å²) in [6, 6.07) is 5.63. The molecule has 0 aliphatic carbocycles. The minimum Gasteiger partial charge on any atom is -0.339 e. The van der Waals surface area contributed by atoms with Crippen molar-refractivity contribution < 1.29 is 4.52 Å². The predicted octanol–water partition coefficient (Wildman–Crippen LogP) is 3.12. The van der Waals surface area contributed by atoms with E-state index in [2.05, 4.69) is 22.4 Å². The fourth-order valence-corrected chi connectivity index (χ4v) is 2.04. The fraction of sp³-hybridized carbons (Fsp3) is 0.385. The highest BCUT2D eigenvalue weighted by Gasteiger charge is 2.11. The third-order valence-corrected chi connectivity index (χ3v) is 3.44. The smallest absolute Gasteiger partial charge is 0.231 e. The Hall–Kier alpha value is -1.10. The Kier molecular flexibility index (Phi) is 4.80. The number of hydrogen-bond acceptors (Lipinski definition) is 4. The van der Waals surface area contributed by atoms with Crippen molar-refractivity contribution in [3.63, 3.8) is 0 Å². The molecule has 1 aromatic carbocycles. The molecule has 0 bridgehead atoms. The van der Waals surface area contributed by atoms with Crippen LogP contribution in [-0.2, 0) is 12.8 Å². The zero-order valence-corrected chi connectivity index (χ0v) is 12.3.